The summed E-state index contributed by atoms with van der Waals surface area (Å²) in [7, 11) is 0. The highest BCUT2D eigenvalue weighted by atomic mass is 16.1. The molecule has 3 nitrogen and oxygen atoms in total. The van der Waals surface area contributed by atoms with Gasteiger partial charge in [0.05, 0.1) is 0 Å². The third-order valence-electron chi connectivity index (χ3n) is 4.41. The molecule has 0 aromatic rings. The summed E-state index contributed by atoms with van der Waals surface area (Å²) in [4.78, 5) is 11.8. The van der Waals surface area contributed by atoms with Crippen LogP contribution in [0.15, 0.2) is 0 Å². The second-order valence-electron chi connectivity index (χ2n) is 5.98. The van der Waals surface area contributed by atoms with E-state index < -0.39 is 0 Å². The van der Waals surface area contributed by atoms with Crippen LogP contribution in [-0.4, -0.2) is 25.5 Å². The van der Waals surface area contributed by atoms with Crippen LogP contribution in [0.5, 0.6) is 0 Å². The summed E-state index contributed by atoms with van der Waals surface area (Å²) in [6.07, 6.45) is 10.9. The van der Waals surface area contributed by atoms with E-state index in [1.165, 1.54) is 44.9 Å². The van der Waals surface area contributed by atoms with Crippen LogP contribution in [0.3, 0.4) is 0 Å². The SMILES string of the molecule is O=C(CCC1CCC[N]C1)NCC1CCCCC1. The number of carbonyl (C=O) groups is 1. The lowest BCUT2D eigenvalue weighted by Gasteiger charge is -2.23. The molecule has 1 heterocycles. The minimum absolute atomic E-state index is 0.256. The normalized spacial score (nSPS) is 25.9. The van der Waals surface area contributed by atoms with Crippen molar-refractivity contribution in [3.63, 3.8) is 0 Å². The number of nitrogens with one attached hydrogen (secondary N) is 1. The van der Waals surface area contributed by atoms with E-state index in [0.717, 1.165) is 32.0 Å². The molecule has 18 heavy (non-hydrogen) atoms. The van der Waals surface area contributed by atoms with Gasteiger partial charge in [-0.2, -0.15) is 0 Å². The quantitative estimate of drug-likeness (QED) is 0.801. The van der Waals surface area contributed by atoms with Gasteiger partial charge in [0.2, 0.25) is 5.91 Å². The first kappa shape index (κ1) is 13.9. The Balaban J connectivity index is 1.54. The molecule has 3 heteroatoms. The van der Waals surface area contributed by atoms with Gasteiger partial charge >= 0.3 is 0 Å². The Morgan fingerprint density at radius 3 is 2.56 bits per heavy atom. The van der Waals surface area contributed by atoms with Gasteiger partial charge < -0.3 is 5.32 Å². The molecule has 2 fully saturated rings. The average Bonchev–Trinajstić information content (AvgIpc) is 2.45. The highest BCUT2D eigenvalue weighted by Crippen LogP contribution is 2.23. The molecule has 1 aliphatic heterocycles. The first-order valence-electron chi connectivity index (χ1n) is 7.74. The van der Waals surface area contributed by atoms with Gasteiger partial charge in [-0.3, -0.25) is 4.79 Å². The molecule has 1 saturated heterocycles. The maximum absolute atomic E-state index is 11.8. The number of nitrogens with zero attached hydrogens (tertiary/aromatic N) is 1. The van der Waals surface area contributed by atoms with Crippen LogP contribution < -0.4 is 10.6 Å². The number of carbonyl (C=O) groups excluding carboxylic acids is 1. The summed E-state index contributed by atoms with van der Waals surface area (Å²) in [5, 5.41) is 7.55. The van der Waals surface area contributed by atoms with Crippen LogP contribution >= 0.6 is 0 Å². The third-order valence-corrected chi connectivity index (χ3v) is 4.41. The van der Waals surface area contributed by atoms with Crippen molar-refractivity contribution in [1.29, 1.82) is 0 Å². The fourth-order valence-electron chi connectivity index (χ4n) is 3.17. The Bertz CT molecular complexity index is 219. The van der Waals surface area contributed by atoms with Crippen LogP contribution in [0, 0.1) is 11.8 Å². The van der Waals surface area contributed by atoms with Gasteiger partial charge in [-0.15, -0.1) is 0 Å². The van der Waals surface area contributed by atoms with Gasteiger partial charge in [0, 0.05) is 26.1 Å². The number of hydrogen-bond donors (Lipinski definition) is 1. The predicted octanol–water partition coefficient (Wildman–Crippen LogP) is 2.48. The molecule has 1 amide bonds. The number of hydrogen-bond acceptors (Lipinski definition) is 1. The van der Waals surface area contributed by atoms with E-state index in [0.29, 0.717) is 12.3 Å². The highest BCUT2D eigenvalue weighted by Gasteiger charge is 2.17. The molecule has 1 atom stereocenters. The summed E-state index contributed by atoms with van der Waals surface area (Å²) < 4.78 is 0. The molecule has 0 bridgehead atoms. The van der Waals surface area contributed by atoms with Gasteiger partial charge in [0.25, 0.3) is 0 Å². The van der Waals surface area contributed by atoms with Crippen LogP contribution in [0.2, 0.25) is 0 Å². The first-order chi connectivity index (χ1) is 8.84. The molecule has 1 saturated carbocycles. The van der Waals surface area contributed by atoms with Crippen molar-refractivity contribution < 1.29 is 4.79 Å². The number of rotatable bonds is 5. The summed E-state index contributed by atoms with van der Waals surface area (Å²) >= 11 is 0. The maximum Gasteiger partial charge on any atom is 0.220 e. The monoisotopic (exact) mass is 251 g/mol. The molecular weight excluding hydrogens is 224 g/mol. The van der Waals surface area contributed by atoms with E-state index in [-0.39, 0.29) is 5.91 Å². The molecule has 1 aliphatic carbocycles. The Morgan fingerprint density at radius 2 is 1.83 bits per heavy atom. The maximum atomic E-state index is 11.8. The van der Waals surface area contributed by atoms with E-state index >= 15 is 0 Å². The minimum atomic E-state index is 0.256. The van der Waals surface area contributed by atoms with Gasteiger partial charge in [-0.1, -0.05) is 19.3 Å². The fraction of sp³-hybridized carbons (Fsp3) is 0.933. The van der Waals surface area contributed by atoms with Crippen LogP contribution in [-0.2, 0) is 4.79 Å². The molecule has 1 unspecified atom stereocenters. The van der Waals surface area contributed by atoms with E-state index in [9.17, 15) is 4.79 Å². The Morgan fingerprint density at radius 1 is 1.06 bits per heavy atom. The number of amides is 1. The zero-order valence-corrected chi connectivity index (χ0v) is 11.5. The standard InChI is InChI=1S/C15H27N2O/c18-15(9-8-14-7-4-10-16-11-14)17-12-13-5-2-1-3-6-13/h13-14H,1-12H2,(H,17,18). The molecule has 1 N–H and O–H groups in total. The summed E-state index contributed by atoms with van der Waals surface area (Å²) in [6.45, 7) is 2.92. The molecule has 2 rings (SSSR count). The summed E-state index contributed by atoms with van der Waals surface area (Å²) in [5.74, 6) is 1.66. The molecule has 2 aliphatic rings. The lowest BCUT2D eigenvalue weighted by Crippen LogP contribution is -2.31. The van der Waals surface area contributed by atoms with Crippen molar-refractivity contribution in [1.82, 2.24) is 10.6 Å². The zero-order chi connectivity index (χ0) is 12.6. The van der Waals surface area contributed by atoms with Crippen molar-refractivity contribution in [2.75, 3.05) is 19.6 Å². The third kappa shape index (κ3) is 4.97. The highest BCUT2D eigenvalue weighted by molar-refractivity contribution is 5.75. The van der Waals surface area contributed by atoms with Gasteiger partial charge in [0.15, 0.2) is 0 Å². The molecule has 0 aromatic heterocycles. The van der Waals surface area contributed by atoms with E-state index in [2.05, 4.69) is 10.6 Å². The second kappa shape index (κ2) is 7.78. The summed E-state index contributed by atoms with van der Waals surface area (Å²) in [5.41, 5.74) is 0. The molecule has 0 spiro atoms. The van der Waals surface area contributed by atoms with E-state index in [1.807, 2.05) is 0 Å². The Kier molecular flexibility index (Phi) is 5.98. The summed E-state index contributed by atoms with van der Waals surface area (Å²) in [6, 6.07) is 0. The van der Waals surface area contributed by atoms with Crippen molar-refractivity contribution in [2.45, 2.75) is 57.8 Å². The average molecular weight is 251 g/mol. The molecular formula is C15H27N2O. The first-order valence-corrected chi connectivity index (χ1v) is 7.74. The topological polar surface area (TPSA) is 43.2 Å². The van der Waals surface area contributed by atoms with Gasteiger partial charge in [-0.05, 0) is 43.9 Å². The largest absolute Gasteiger partial charge is 0.356 e. The van der Waals surface area contributed by atoms with E-state index in [1.54, 1.807) is 0 Å². The van der Waals surface area contributed by atoms with Gasteiger partial charge in [-0.25, -0.2) is 5.32 Å². The molecule has 103 valence electrons. The Hall–Kier alpha value is -0.570. The second-order valence-corrected chi connectivity index (χ2v) is 5.98. The lowest BCUT2D eigenvalue weighted by molar-refractivity contribution is -0.121. The number of piperidine rings is 1. The molecule has 1 radical (unpaired) electrons. The van der Waals surface area contributed by atoms with Crippen LogP contribution in [0.25, 0.3) is 0 Å². The Labute approximate surface area is 111 Å². The predicted molar refractivity (Wildman–Crippen MR) is 73.4 cm³/mol. The van der Waals surface area contributed by atoms with Crippen molar-refractivity contribution in [3.05, 3.63) is 0 Å². The minimum Gasteiger partial charge on any atom is -0.356 e. The smallest absolute Gasteiger partial charge is 0.220 e. The van der Waals surface area contributed by atoms with Gasteiger partial charge in [0.1, 0.15) is 0 Å². The van der Waals surface area contributed by atoms with Crippen LogP contribution in [0.4, 0.5) is 0 Å². The lowest BCUT2D eigenvalue weighted by atomic mass is 9.89. The van der Waals surface area contributed by atoms with Crippen molar-refractivity contribution >= 4 is 5.91 Å². The fourth-order valence-corrected chi connectivity index (χ4v) is 3.17. The zero-order valence-electron chi connectivity index (χ0n) is 11.5. The van der Waals surface area contributed by atoms with Crippen molar-refractivity contribution in [2.24, 2.45) is 11.8 Å². The van der Waals surface area contributed by atoms with Crippen molar-refractivity contribution in [3.8, 4) is 0 Å². The van der Waals surface area contributed by atoms with E-state index in [4.69, 9.17) is 0 Å². The van der Waals surface area contributed by atoms with Crippen LogP contribution in [0.1, 0.15) is 57.8 Å². The molecule has 0 aromatic carbocycles.